The molecule has 10 heteroatoms. The van der Waals surface area contributed by atoms with Gasteiger partial charge in [0.25, 0.3) is 5.56 Å². The minimum atomic E-state index is -4.56. The Morgan fingerprint density at radius 2 is 1.74 bits per heavy atom. The van der Waals surface area contributed by atoms with Crippen LogP contribution in [0.25, 0.3) is 22.4 Å². The van der Waals surface area contributed by atoms with Crippen LogP contribution in [-0.2, 0) is 19.1 Å². The van der Waals surface area contributed by atoms with Crippen molar-refractivity contribution in [1.29, 1.82) is 0 Å². The summed E-state index contributed by atoms with van der Waals surface area (Å²) in [5.41, 5.74) is 1.23. The number of benzene rings is 2. The second-order valence-electron chi connectivity index (χ2n) is 9.01. The first-order valence-electron chi connectivity index (χ1n) is 12.1. The molecule has 0 radical (unpaired) electrons. The summed E-state index contributed by atoms with van der Waals surface area (Å²) in [6.07, 6.45) is -0.441. The van der Waals surface area contributed by atoms with Gasteiger partial charge in [-0.2, -0.15) is 13.2 Å². The van der Waals surface area contributed by atoms with E-state index in [2.05, 4.69) is 10.1 Å². The van der Waals surface area contributed by atoms with E-state index in [0.717, 1.165) is 17.7 Å². The van der Waals surface area contributed by atoms with Gasteiger partial charge >= 0.3 is 6.18 Å². The van der Waals surface area contributed by atoms with Crippen molar-refractivity contribution in [2.75, 3.05) is 18.0 Å². The highest BCUT2D eigenvalue weighted by atomic mass is 19.4. The molecule has 1 aliphatic heterocycles. The van der Waals surface area contributed by atoms with Crippen LogP contribution in [0.15, 0.2) is 89.1 Å². The first kappa shape index (κ1) is 25.2. The van der Waals surface area contributed by atoms with Crippen LogP contribution in [0, 0.1) is 0 Å². The van der Waals surface area contributed by atoms with Gasteiger partial charge in [-0.05, 0) is 41.8 Å². The maximum Gasteiger partial charge on any atom is 0.416 e. The lowest BCUT2D eigenvalue weighted by Crippen LogP contribution is -2.42. The van der Waals surface area contributed by atoms with Gasteiger partial charge in [-0.1, -0.05) is 47.6 Å². The SMILES string of the molecule is O=c1c(-c2cccc(C(F)(F)F)c2)c(-c2ccncc2)nc2n1CCCN2C/C(Cc1ccccc1)=N/O. The van der Waals surface area contributed by atoms with Crippen molar-refractivity contribution >= 4 is 11.7 Å². The molecule has 0 saturated carbocycles. The summed E-state index contributed by atoms with van der Waals surface area (Å²) in [5, 5.41) is 13.2. The highest BCUT2D eigenvalue weighted by molar-refractivity contribution is 5.90. The van der Waals surface area contributed by atoms with E-state index in [1.54, 1.807) is 12.1 Å². The minimum absolute atomic E-state index is 0.0910. The molecule has 1 aliphatic rings. The Morgan fingerprint density at radius 3 is 2.45 bits per heavy atom. The van der Waals surface area contributed by atoms with Crippen LogP contribution < -0.4 is 10.5 Å². The number of aromatic nitrogens is 3. The predicted molar refractivity (Wildman–Crippen MR) is 138 cm³/mol. The molecule has 0 amide bonds. The molecule has 0 fully saturated rings. The number of rotatable bonds is 6. The van der Waals surface area contributed by atoms with Crippen molar-refractivity contribution in [2.45, 2.75) is 25.6 Å². The molecule has 4 aromatic rings. The van der Waals surface area contributed by atoms with E-state index >= 15 is 0 Å². The Balaban J connectivity index is 1.62. The number of nitrogens with zero attached hydrogens (tertiary/aromatic N) is 5. The number of halogens is 3. The van der Waals surface area contributed by atoms with Gasteiger partial charge in [-0.15, -0.1) is 0 Å². The number of fused-ring (bicyclic) bond motifs is 1. The zero-order valence-corrected chi connectivity index (χ0v) is 20.3. The molecule has 38 heavy (non-hydrogen) atoms. The number of hydrogen-bond acceptors (Lipinski definition) is 6. The van der Waals surface area contributed by atoms with Crippen LogP contribution in [0.1, 0.15) is 17.5 Å². The molecule has 0 saturated heterocycles. The maximum atomic E-state index is 13.9. The normalized spacial score (nSPS) is 13.9. The summed E-state index contributed by atoms with van der Waals surface area (Å²) < 4.78 is 42.0. The zero-order valence-electron chi connectivity index (χ0n) is 20.3. The summed E-state index contributed by atoms with van der Waals surface area (Å²) >= 11 is 0. The third kappa shape index (κ3) is 5.15. The highest BCUT2D eigenvalue weighted by Gasteiger charge is 2.32. The van der Waals surface area contributed by atoms with Crippen LogP contribution in [0.2, 0.25) is 0 Å². The van der Waals surface area contributed by atoms with Gasteiger partial charge in [0, 0.05) is 37.5 Å². The molecule has 5 rings (SSSR count). The van der Waals surface area contributed by atoms with Crippen LogP contribution in [0.4, 0.5) is 19.1 Å². The predicted octanol–water partition coefficient (Wildman–Crippen LogP) is 5.27. The van der Waals surface area contributed by atoms with Crippen LogP contribution in [0.3, 0.4) is 0 Å². The van der Waals surface area contributed by atoms with E-state index in [1.807, 2.05) is 35.2 Å². The quantitative estimate of drug-likeness (QED) is 0.213. The molecule has 0 aliphatic carbocycles. The topological polar surface area (TPSA) is 83.6 Å². The fourth-order valence-electron chi connectivity index (χ4n) is 4.66. The third-order valence-electron chi connectivity index (χ3n) is 6.44. The first-order valence-corrected chi connectivity index (χ1v) is 12.1. The minimum Gasteiger partial charge on any atom is -0.411 e. The van der Waals surface area contributed by atoms with Crippen molar-refractivity contribution in [1.82, 2.24) is 14.5 Å². The molecule has 194 valence electrons. The Labute approximate surface area is 216 Å². The number of alkyl halides is 3. The Hall–Kier alpha value is -4.47. The Kier molecular flexibility index (Phi) is 6.95. The van der Waals surface area contributed by atoms with Gasteiger partial charge in [0.2, 0.25) is 5.95 Å². The number of oxime groups is 1. The van der Waals surface area contributed by atoms with Crippen LogP contribution >= 0.6 is 0 Å². The van der Waals surface area contributed by atoms with Gasteiger partial charge in [0.1, 0.15) is 0 Å². The van der Waals surface area contributed by atoms with Crippen molar-refractivity contribution in [3.63, 3.8) is 0 Å². The summed E-state index contributed by atoms with van der Waals surface area (Å²) in [7, 11) is 0. The lowest BCUT2D eigenvalue weighted by Gasteiger charge is -2.32. The van der Waals surface area contributed by atoms with Gasteiger partial charge in [0.05, 0.1) is 29.1 Å². The second-order valence-corrected chi connectivity index (χ2v) is 9.01. The van der Waals surface area contributed by atoms with E-state index in [9.17, 15) is 23.2 Å². The van der Waals surface area contributed by atoms with Crippen molar-refractivity contribution in [2.24, 2.45) is 5.16 Å². The van der Waals surface area contributed by atoms with Gasteiger partial charge < -0.3 is 10.1 Å². The summed E-state index contributed by atoms with van der Waals surface area (Å²) in [6, 6.07) is 17.6. The fourth-order valence-corrected chi connectivity index (χ4v) is 4.66. The summed E-state index contributed by atoms with van der Waals surface area (Å²) in [5.74, 6) is 0.373. The Morgan fingerprint density at radius 1 is 0.974 bits per heavy atom. The summed E-state index contributed by atoms with van der Waals surface area (Å²) in [6.45, 7) is 1.17. The average molecular weight is 520 g/mol. The first-order chi connectivity index (χ1) is 18.3. The highest BCUT2D eigenvalue weighted by Crippen LogP contribution is 2.35. The number of hydrogen-bond donors (Lipinski definition) is 1. The van der Waals surface area contributed by atoms with E-state index in [-0.39, 0.29) is 23.4 Å². The van der Waals surface area contributed by atoms with Gasteiger partial charge in [0.15, 0.2) is 0 Å². The maximum absolute atomic E-state index is 13.9. The second kappa shape index (κ2) is 10.5. The number of pyridine rings is 1. The van der Waals surface area contributed by atoms with Crippen molar-refractivity contribution in [3.05, 3.63) is 101 Å². The van der Waals surface area contributed by atoms with Gasteiger partial charge in [-0.3, -0.25) is 14.3 Å². The molecular formula is C28H24F3N5O2. The average Bonchev–Trinajstić information content (AvgIpc) is 2.93. The molecule has 0 atom stereocenters. The molecular weight excluding hydrogens is 495 g/mol. The third-order valence-corrected chi connectivity index (χ3v) is 6.44. The standard InChI is InChI=1S/C28H24F3N5O2/c29-28(30,31)22-9-4-8-21(17-22)24-25(20-10-12-32-13-11-20)33-27-35(14-5-15-36(27)26(24)37)18-23(34-38)16-19-6-2-1-3-7-19/h1-4,6-13,17,38H,5,14-16,18H2/b34-23+. The van der Waals surface area contributed by atoms with Crippen molar-refractivity contribution < 1.29 is 18.4 Å². The van der Waals surface area contributed by atoms with Gasteiger partial charge in [-0.25, -0.2) is 4.98 Å². The summed E-state index contributed by atoms with van der Waals surface area (Å²) in [4.78, 5) is 24.6. The van der Waals surface area contributed by atoms with Crippen LogP contribution in [-0.4, -0.2) is 38.5 Å². The molecule has 0 unspecified atom stereocenters. The molecule has 0 spiro atoms. The Bertz CT molecular complexity index is 1520. The lowest BCUT2D eigenvalue weighted by atomic mass is 9.99. The lowest BCUT2D eigenvalue weighted by molar-refractivity contribution is -0.137. The van der Waals surface area contributed by atoms with E-state index in [4.69, 9.17) is 4.98 Å². The van der Waals surface area contributed by atoms with Crippen LogP contribution in [0.5, 0.6) is 0 Å². The van der Waals surface area contributed by atoms with E-state index < -0.39 is 17.3 Å². The molecule has 3 heterocycles. The molecule has 1 N–H and O–H groups in total. The molecule has 2 aromatic carbocycles. The smallest absolute Gasteiger partial charge is 0.411 e. The van der Waals surface area contributed by atoms with Crippen molar-refractivity contribution in [3.8, 4) is 22.4 Å². The molecule has 7 nitrogen and oxygen atoms in total. The fraction of sp³-hybridized carbons (Fsp3) is 0.214. The zero-order chi connectivity index (χ0) is 26.7. The largest absolute Gasteiger partial charge is 0.416 e. The monoisotopic (exact) mass is 519 g/mol. The van der Waals surface area contributed by atoms with E-state index in [0.29, 0.717) is 43.2 Å². The molecule has 0 bridgehead atoms. The van der Waals surface area contributed by atoms with E-state index in [1.165, 1.54) is 29.1 Å². The molecule has 2 aromatic heterocycles. The number of anilines is 1.